The molecule has 1 amide bonds. The number of hydrogen-bond acceptors (Lipinski definition) is 5. The van der Waals surface area contributed by atoms with Crippen LogP contribution in [0.5, 0.6) is 0 Å². The van der Waals surface area contributed by atoms with Gasteiger partial charge >= 0.3 is 0 Å². The number of carbonyl (C=O) groups excluding carboxylic acids is 1. The van der Waals surface area contributed by atoms with Crippen LogP contribution in [-0.2, 0) is 0 Å². The molecule has 1 aromatic carbocycles. The fourth-order valence-corrected chi connectivity index (χ4v) is 1.99. The zero-order valence-electron chi connectivity index (χ0n) is 10.2. The molecule has 2 aromatic rings. The van der Waals surface area contributed by atoms with Crippen LogP contribution in [-0.4, -0.2) is 10.9 Å². The molecular formula is C13H10BrN5O. The van der Waals surface area contributed by atoms with Crippen LogP contribution in [0.3, 0.4) is 0 Å². The van der Waals surface area contributed by atoms with Gasteiger partial charge in [-0.25, -0.2) is 0 Å². The number of nitrogen functional groups attached to an aromatic ring is 1. The van der Waals surface area contributed by atoms with E-state index < -0.39 is 0 Å². The molecule has 0 aliphatic carbocycles. The van der Waals surface area contributed by atoms with Gasteiger partial charge in [0.25, 0.3) is 5.91 Å². The molecule has 6 nitrogen and oxygen atoms in total. The van der Waals surface area contributed by atoms with Crippen molar-refractivity contribution in [3.05, 3.63) is 52.3 Å². The van der Waals surface area contributed by atoms with Crippen LogP contribution < -0.4 is 16.6 Å². The second-order valence-corrected chi connectivity index (χ2v) is 4.69. The monoisotopic (exact) mass is 331 g/mol. The Morgan fingerprint density at radius 1 is 1.35 bits per heavy atom. The molecule has 20 heavy (non-hydrogen) atoms. The van der Waals surface area contributed by atoms with Crippen molar-refractivity contribution >= 4 is 33.2 Å². The normalized spacial score (nSPS) is 9.65. The predicted octanol–water partition coefficient (Wildman–Crippen LogP) is 2.25. The van der Waals surface area contributed by atoms with E-state index in [1.54, 1.807) is 24.3 Å². The van der Waals surface area contributed by atoms with Crippen molar-refractivity contribution in [2.45, 2.75) is 0 Å². The summed E-state index contributed by atoms with van der Waals surface area (Å²) in [5.41, 5.74) is 4.33. The molecule has 100 valence electrons. The van der Waals surface area contributed by atoms with Crippen molar-refractivity contribution in [3.63, 3.8) is 0 Å². The topological polar surface area (TPSA) is 104 Å². The minimum Gasteiger partial charge on any atom is -0.324 e. The number of benzene rings is 1. The molecule has 0 unspecified atom stereocenters. The third-order valence-electron chi connectivity index (χ3n) is 2.51. The van der Waals surface area contributed by atoms with Gasteiger partial charge in [0.05, 0.1) is 23.0 Å². The smallest absolute Gasteiger partial charge is 0.274 e. The molecular weight excluding hydrogens is 322 g/mol. The van der Waals surface area contributed by atoms with E-state index in [4.69, 9.17) is 11.1 Å². The number of nitrogens with two attached hydrogens (primary N) is 1. The lowest BCUT2D eigenvalue weighted by Crippen LogP contribution is -2.15. The number of nitrogens with zero attached hydrogens (tertiary/aromatic N) is 2. The number of pyridine rings is 1. The Bertz CT molecular complexity index is 695. The number of anilines is 2. The van der Waals surface area contributed by atoms with Gasteiger partial charge in [-0.15, -0.1) is 0 Å². The van der Waals surface area contributed by atoms with Gasteiger partial charge in [-0.3, -0.25) is 15.6 Å². The maximum absolute atomic E-state index is 12.1. The molecule has 4 N–H and O–H groups in total. The Balaban J connectivity index is 2.21. The van der Waals surface area contributed by atoms with E-state index in [9.17, 15) is 4.79 Å². The van der Waals surface area contributed by atoms with Gasteiger partial charge < -0.3 is 10.7 Å². The SMILES string of the molecule is N#Cc1ccc(NC(=O)c2cc(NN)ccn2)c(Br)c1. The summed E-state index contributed by atoms with van der Waals surface area (Å²) in [6.45, 7) is 0. The predicted molar refractivity (Wildman–Crippen MR) is 78.9 cm³/mol. The van der Waals surface area contributed by atoms with Crippen molar-refractivity contribution in [1.82, 2.24) is 4.98 Å². The summed E-state index contributed by atoms with van der Waals surface area (Å²) in [7, 11) is 0. The van der Waals surface area contributed by atoms with Crippen LogP contribution in [0.25, 0.3) is 0 Å². The van der Waals surface area contributed by atoms with Gasteiger partial charge in [-0.1, -0.05) is 0 Å². The zero-order chi connectivity index (χ0) is 14.5. The molecule has 0 aliphatic rings. The van der Waals surface area contributed by atoms with Crippen LogP contribution in [0.15, 0.2) is 41.0 Å². The Labute approximate surface area is 123 Å². The van der Waals surface area contributed by atoms with E-state index in [1.807, 2.05) is 6.07 Å². The van der Waals surface area contributed by atoms with E-state index in [-0.39, 0.29) is 11.6 Å². The van der Waals surface area contributed by atoms with E-state index in [0.717, 1.165) is 0 Å². The summed E-state index contributed by atoms with van der Waals surface area (Å²) in [6.07, 6.45) is 1.48. The highest BCUT2D eigenvalue weighted by atomic mass is 79.9. The number of nitriles is 1. The summed E-state index contributed by atoms with van der Waals surface area (Å²) in [4.78, 5) is 16.0. The highest BCUT2D eigenvalue weighted by Crippen LogP contribution is 2.24. The van der Waals surface area contributed by atoms with Crippen molar-refractivity contribution in [1.29, 1.82) is 5.26 Å². The van der Waals surface area contributed by atoms with Crippen LogP contribution in [0.1, 0.15) is 16.1 Å². The van der Waals surface area contributed by atoms with Gasteiger partial charge in [0.15, 0.2) is 0 Å². The quantitative estimate of drug-likeness (QED) is 0.591. The van der Waals surface area contributed by atoms with Gasteiger partial charge in [-0.05, 0) is 46.3 Å². The molecule has 0 atom stereocenters. The van der Waals surface area contributed by atoms with Gasteiger partial charge in [0.1, 0.15) is 5.69 Å². The lowest BCUT2D eigenvalue weighted by atomic mass is 10.2. The number of carbonyl (C=O) groups is 1. The average Bonchev–Trinajstić information content (AvgIpc) is 2.49. The standard InChI is InChI=1S/C13H10BrN5O/c14-10-5-8(7-15)1-2-11(10)18-13(20)12-6-9(19-16)3-4-17-12/h1-6H,16H2,(H,17,19)(H,18,20). The molecule has 7 heteroatoms. The Morgan fingerprint density at radius 3 is 2.80 bits per heavy atom. The highest BCUT2D eigenvalue weighted by molar-refractivity contribution is 9.10. The molecule has 0 aliphatic heterocycles. The maximum atomic E-state index is 12.1. The average molecular weight is 332 g/mol. The van der Waals surface area contributed by atoms with Gasteiger partial charge in [-0.2, -0.15) is 5.26 Å². The molecule has 2 rings (SSSR count). The number of rotatable bonds is 3. The summed E-state index contributed by atoms with van der Waals surface area (Å²) < 4.78 is 0.623. The number of nitrogens with one attached hydrogen (secondary N) is 2. The minimum absolute atomic E-state index is 0.233. The first-order valence-corrected chi connectivity index (χ1v) is 6.37. The third-order valence-corrected chi connectivity index (χ3v) is 3.16. The highest BCUT2D eigenvalue weighted by Gasteiger charge is 2.10. The van der Waals surface area contributed by atoms with E-state index in [1.165, 1.54) is 12.3 Å². The Kier molecular flexibility index (Phi) is 4.30. The lowest BCUT2D eigenvalue weighted by Gasteiger charge is -2.08. The zero-order valence-corrected chi connectivity index (χ0v) is 11.8. The van der Waals surface area contributed by atoms with Crippen LogP contribution in [0.4, 0.5) is 11.4 Å². The second kappa shape index (κ2) is 6.14. The maximum Gasteiger partial charge on any atom is 0.274 e. The van der Waals surface area contributed by atoms with Crippen LogP contribution >= 0.6 is 15.9 Å². The van der Waals surface area contributed by atoms with Crippen molar-refractivity contribution < 1.29 is 4.79 Å². The van der Waals surface area contributed by atoms with E-state index >= 15 is 0 Å². The van der Waals surface area contributed by atoms with Crippen molar-refractivity contribution in [3.8, 4) is 6.07 Å². The number of amides is 1. The summed E-state index contributed by atoms with van der Waals surface area (Å²) >= 11 is 3.30. The molecule has 1 aromatic heterocycles. The summed E-state index contributed by atoms with van der Waals surface area (Å²) in [5.74, 6) is 4.91. The molecule has 0 fully saturated rings. The minimum atomic E-state index is -0.368. The van der Waals surface area contributed by atoms with Crippen LogP contribution in [0, 0.1) is 11.3 Å². The first-order valence-electron chi connectivity index (χ1n) is 5.57. The Morgan fingerprint density at radius 2 is 2.15 bits per heavy atom. The molecule has 0 spiro atoms. The Hall–Kier alpha value is -2.43. The van der Waals surface area contributed by atoms with E-state index in [0.29, 0.717) is 21.4 Å². The van der Waals surface area contributed by atoms with Gasteiger partial charge in [0.2, 0.25) is 0 Å². The molecule has 0 saturated carbocycles. The fourth-order valence-electron chi connectivity index (χ4n) is 1.52. The number of hydrogen-bond donors (Lipinski definition) is 3. The number of halogens is 1. The largest absolute Gasteiger partial charge is 0.324 e. The van der Waals surface area contributed by atoms with Crippen molar-refractivity contribution in [2.75, 3.05) is 10.7 Å². The first kappa shape index (κ1) is 14.0. The van der Waals surface area contributed by atoms with Crippen molar-refractivity contribution in [2.24, 2.45) is 5.84 Å². The summed E-state index contributed by atoms with van der Waals surface area (Å²) in [6, 6.07) is 10.1. The fraction of sp³-hybridized carbons (Fsp3) is 0. The molecule has 1 heterocycles. The van der Waals surface area contributed by atoms with E-state index in [2.05, 4.69) is 31.7 Å². The second-order valence-electron chi connectivity index (χ2n) is 3.83. The molecule has 0 bridgehead atoms. The molecule has 0 saturated heterocycles. The lowest BCUT2D eigenvalue weighted by molar-refractivity contribution is 0.102. The molecule has 0 radical (unpaired) electrons. The number of aromatic nitrogens is 1. The number of hydrazine groups is 1. The first-order chi connectivity index (χ1) is 9.63. The third kappa shape index (κ3) is 3.12. The summed E-state index contributed by atoms with van der Waals surface area (Å²) in [5, 5.41) is 11.5. The van der Waals surface area contributed by atoms with Gasteiger partial charge in [0, 0.05) is 10.7 Å². The van der Waals surface area contributed by atoms with Crippen LogP contribution in [0.2, 0.25) is 0 Å².